The molecule has 2 aliphatic rings. The van der Waals surface area contributed by atoms with E-state index in [4.69, 9.17) is 9.72 Å². The molecule has 3 aromatic rings. The van der Waals surface area contributed by atoms with Crippen molar-refractivity contribution >= 4 is 17.4 Å². The molecule has 1 unspecified atom stereocenters. The molecule has 0 aromatic carbocycles. The maximum atomic E-state index is 14.2. The number of carbonyl (C=O) groups is 1. The zero-order valence-electron chi connectivity index (χ0n) is 18.1. The van der Waals surface area contributed by atoms with Crippen molar-refractivity contribution < 1.29 is 13.9 Å². The van der Waals surface area contributed by atoms with Gasteiger partial charge in [-0.3, -0.25) is 4.98 Å². The molecular formula is C23H27FN6O2. The standard InChI is InChI=1S/C23H27FN6O2/c1-2-32-23(31)18-14-27-30-11-8-21(28-22(18)30)29-10-3-4-20(29)17-12-15(24)13-26-19(17)7-9-25-16-5-6-16/h8,11-14,16,20,25H,2-7,9-10H2,1H3. The molecule has 1 atom stereocenters. The van der Waals surface area contributed by atoms with Crippen LogP contribution in [0.4, 0.5) is 10.2 Å². The highest BCUT2D eigenvalue weighted by Gasteiger charge is 2.30. The summed E-state index contributed by atoms with van der Waals surface area (Å²) in [6.07, 6.45) is 9.67. The van der Waals surface area contributed by atoms with Crippen molar-refractivity contribution in [3.05, 3.63) is 53.4 Å². The molecule has 0 bridgehead atoms. The van der Waals surface area contributed by atoms with Crippen LogP contribution in [0.25, 0.3) is 5.65 Å². The average Bonchev–Trinajstić information content (AvgIpc) is 3.32. The minimum atomic E-state index is -0.440. The van der Waals surface area contributed by atoms with Crippen LogP contribution in [0.15, 0.2) is 30.7 Å². The molecule has 1 saturated carbocycles. The van der Waals surface area contributed by atoms with Gasteiger partial charge in [-0.25, -0.2) is 18.7 Å². The molecule has 1 saturated heterocycles. The Balaban J connectivity index is 1.44. The fraction of sp³-hybridized carbons (Fsp3) is 0.478. The zero-order valence-corrected chi connectivity index (χ0v) is 18.1. The first-order valence-electron chi connectivity index (χ1n) is 11.3. The van der Waals surface area contributed by atoms with Crippen molar-refractivity contribution in [3.63, 3.8) is 0 Å². The molecule has 168 valence electrons. The van der Waals surface area contributed by atoms with E-state index in [2.05, 4.69) is 20.3 Å². The summed E-state index contributed by atoms with van der Waals surface area (Å²) >= 11 is 0. The van der Waals surface area contributed by atoms with Gasteiger partial charge in [0.1, 0.15) is 17.2 Å². The van der Waals surface area contributed by atoms with E-state index in [1.807, 2.05) is 6.07 Å². The molecular weight excluding hydrogens is 411 g/mol. The van der Waals surface area contributed by atoms with Crippen LogP contribution in [0.1, 0.15) is 60.3 Å². The number of halogens is 1. The number of carbonyl (C=O) groups excluding carboxylic acids is 1. The summed E-state index contributed by atoms with van der Waals surface area (Å²) in [7, 11) is 0. The predicted octanol–water partition coefficient (Wildman–Crippen LogP) is 3.08. The second kappa shape index (κ2) is 8.82. The van der Waals surface area contributed by atoms with Gasteiger partial charge in [0.2, 0.25) is 0 Å². The number of pyridine rings is 1. The summed E-state index contributed by atoms with van der Waals surface area (Å²) in [6.45, 7) is 3.69. The number of esters is 1. The van der Waals surface area contributed by atoms with E-state index in [1.54, 1.807) is 23.7 Å². The van der Waals surface area contributed by atoms with Gasteiger partial charge in [-0.05, 0) is 50.3 Å². The number of nitrogens with one attached hydrogen (secondary N) is 1. The maximum Gasteiger partial charge on any atom is 0.343 e. The van der Waals surface area contributed by atoms with E-state index >= 15 is 0 Å². The highest BCUT2D eigenvalue weighted by Crippen LogP contribution is 2.37. The molecule has 2 fully saturated rings. The lowest BCUT2D eigenvalue weighted by Gasteiger charge is -2.27. The maximum absolute atomic E-state index is 14.2. The third-order valence-electron chi connectivity index (χ3n) is 6.10. The van der Waals surface area contributed by atoms with Gasteiger partial charge in [0.05, 0.1) is 25.0 Å². The Morgan fingerprint density at radius 1 is 1.31 bits per heavy atom. The van der Waals surface area contributed by atoms with E-state index in [-0.39, 0.29) is 18.5 Å². The number of nitrogens with zero attached hydrogens (tertiary/aromatic N) is 5. The average molecular weight is 439 g/mol. The number of hydrogen-bond donors (Lipinski definition) is 1. The fourth-order valence-electron chi connectivity index (χ4n) is 4.40. The Hall–Kier alpha value is -3.07. The topological polar surface area (TPSA) is 84.6 Å². The second-order valence-electron chi connectivity index (χ2n) is 8.35. The van der Waals surface area contributed by atoms with E-state index in [0.29, 0.717) is 17.3 Å². The number of rotatable bonds is 8. The lowest BCUT2D eigenvalue weighted by molar-refractivity contribution is 0.0528. The third kappa shape index (κ3) is 4.17. The molecule has 1 aliphatic carbocycles. The quantitative estimate of drug-likeness (QED) is 0.541. The molecule has 0 spiro atoms. The van der Waals surface area contributed by atoms with Crippen LogP contribution >= 0.6 is 0 Å². The van der Waals surface area contributed by atoms with Crippen molar-refractivity contribution in [1.82, 2.24) is 24.9 Å². The van der Waals surface area contributed by atoms with Crippen LogP contribution in [-0.4, -0.2) is 51.3 Å². The van der Waals surface area contributed by atoms with Crippen LogP contribution in [0.5, 0.6) is 0 Å². The van der Waals surface area contributed by atoms with E-state index < -0.39 is 5.97 Å². The van der Waals surface area contributed by atoms with Crippen LogP contribution in [0, 0.1) is 5.82 Å². The van der Waals surface area contributed by atoms with Gasteiger partial charge in [0, 0.05) is 37.4 Å². The minimum Gasteiger partial charge on any atom is -0.462 e. The van der Waals surface area contributed by atoms with Crippen LogP contribution in [0.2, 0.25) is 0 Å². The molecule has 9 heteroatoms. The first-order chi connectivity index (χ1) is 15.6. The second-order valence-corrected chi connectivity index (χ2v) is 8.35. The van der Waals surface area contributed by atoms with Crippen molar-refractivity contribution in [2.75, 3.05) is 24.6 Å². The van der Waals surface area contributed by atoms with Crippen molar-refractivity contribution in [3.8, 4) is 0 Å². The summed E-state index contributed by atoms with van der Waals surface area (Å²) in [5.74, 6) is -0.0307. The minimum absolute atomic E-state index is 0.0157. The molecule has 32 heavy (non-hydrogen) atoms. The fourth-order valence-corrected chi connectivity index (χ4v) is 4.40. The summed E-state index contributed by atoms with van der Waals surface area (Å²) in [6, 6.07) is 4.11. The molecule has 3 aromatic heterocycles. The van der Waals surface area contributed by atoms with Gasteiger partial charge in [0.15, 0.2) is 5.65 Å². The van der Waals surface area contributed by atoms with Gasteiger partial charge >= 0.3 is 5.97 Å². The Kier molecular flexibility index (Phi) is 5.73. The van der Waals surface area contributed by atoms with E-state index in [0.717, 1.165) is 49.4 Å². The monoisotopic (exact) mass is 438 g/mol. The van der Waals surface area contributed by atoms with E-state index in [1.165, 1.54) is 25.2 Å². The zero-order chi connectivity index (χ0) is 22.1. The van der Waals surface area contributed by atoms with Gasteiger partial charge in [-0.1, -0.05) is 0 Å². The first-order valence-corrected chi connectivity index (χ1v) is 11.3. The summed E-state index contributed by atoms with van der Waals surface area (Å²) in [5.41, 5.74) is 2.64. The molecule has 4 heterocycles. The normalized spacial score (nSPS) is 18.4. The SMILES string of the molecule is CCOC(=O)c1cnn2ccc(N3CCCC3c3cc(F)cnc3CCNC3CC3)nc12. The first kappa shape index (κ1) is 20.8. The number of hydrogen-bond acceptors (Lipinski definition) is 7. The van der Waals surface area contributed by atoms with E-state index in [9.17, 15) is 9.18 Å². The third-order valence-corrected chi connectivity index (χ3v) is 6.10. The summed E-state index contributed by atoms with van der Waals surface area (Å²) in [4.78, 5) is 23.6. The Morgan fingerprint density at radius 2 is 2.19 bits per heavy atom. The van der Waals surface area contributed by atoms with Gasteiger partial charge < -0.3 is 15.0 Å². The number of ether oxygens (including phenoxy) is 1. The molecule has 1 N–H and O–H groups in total. The highest BCUT2D eigenvalue weighted by atomic mass is 19.1. The molecule has 0 radical (unpaired) electrons. The van der Waals surface area contributed by atoms with Crippen molar-refractivity contribution in [2.45, 2.75) is 51.1 Å². The van der Waals surface area contributed by atoms with Gasteiger partial charge in [-0.2, -0.15) is 5.10 Å². The summed E-state index contributed by atoms with van der Waals surface area (Å²) < 4.78 is 20.9. The number of aromatic nitrogens is 4. The Bertz CT molecular complexity index is 1130. The highest BCUT2D eigenvalue weighted by molar-refractivity contribution is 5.95. The van der Waals surface area contributed by atoms with Gasteiger partial charge in [0.25, 0.3) is 0 Å². The Labute approximate surface area is 185 Å². The number of anilines is 1. The lowest BCUT2D eigenvalue weighted by atomic mass is 10.0. The Morgan fingerprint density at radius 3 is 3.00 bits per heavy atom. The molecule has 1 aliphatic heterocycles. The van der Waals surface area contributed by atoms with Crippen LogP contribution in [-0.2, 0) is 11.2 Å². The van der Waals surface area contributed by atoms with Crippen molar-refractivity contribution in [1.29, 1.82) is 0 Å². The van der Waals surface area contributed by atoms with Crippen molar-refractivity contribution in [2.24, 2.45) is 0 Å². The molecule has 0 amide bonds. The molecule has 5 rings (SSSR count). The lowest BCUT2D eigenvalue weighted by Crippen LogP contribution is -2.26. The van der Waals surface area contributed by atoms with Crippen LogP contribution in [0.3, 0.4) is 0 Å². The predicted molar refractivity (Wildman–Crippen MR) is 117 cm³/mol. The smallest absolute Gasteiger partial charge is 0.343 e. The van der Waals surface area contributed by atoms with Gasteiger partial charge in [-0.15, -0.1) is 0 Å². The largest absolute Gasteiger partial charge is 0.462 e. The number of fused-ring (bicyclic) bond motifs is 1. The molecule has 8 nitrogen and oxygen atoms in total. The summed E-state index contributed by atoms with van der Waals surface area (Å²) in [5, 5.41) is 7.73. The van der Waals surface area contributed by atoms with Crippen LogP contribution < -0.4 is 10.2 Å².